The van der Waals surface area contributed by atoms with Crippen molar-refractivity contribution in [1.82, 2.24) is 10.3 Å². The molecule has 0 saturated heterocycles. The predicted molar refractivity (Wildman–Crippen MR) is 71.4 cm³/mol. The lowest BCUT2D eigenvalue weighted by atomic mass is 10.1. The standard InChI is InChI=1S/C14H15ClN2/c1-9-6-11-7-10(8-16-12-3-4-12)2-5-13(11)17-14(9)15/h2,5-7,12,16H,3-4,8H2,1H3. The van der Waals surface area contributed by atoms with E-state index in [-0.39, 0.29) is 0 Å². The molecule has 88 valence electrons. The Labute approximate surface area is 106 Å². The fourth-order valence-electron chi connectivity index (χ4n) is 1.97. The third-order valence-electron chi connectivity index (χ3n) is 3.18. The average Bonchev–Trinajstić information content (AvgIpc) is 3.12. The Morgan fingerprint density at radius 2 is 2.18 bits per heavy atom. The maximum atomic E-state index is 6.01. The van der Waals surface area contributed by atoms with E-state index < -0.39 is 0 Å². The largest absolute Gasteiger partial charge is 0.310 e. The van der Waals surface area contributed by atoms with E-state index in [1.807, 2.05) is 13.0 Å². The number of hydrogen-bond acceptors (Lipinski definition) is 2. The van der Waals surface area contributed by atoms with Crippen LogP contribution in [0.25, 0.3) is 10.9 Å². The number of fused-ring (bicyclic) bond motifs is 1. The molecule has 0 unspecified atom stereocenters. The first-order chi connectivity index (χ1) is 8.22. The lowest BCUT2D eigenvalue weighted by Crippen LogP contribution is -2.15. The molecular weight excluding hydrogens is 232 g/mol. The quantitative estimate of drug-likeness (QED) is 0.840. The number of nitrogens with one attached hydrogen (secondary N) is 1. The van der Waals surface area contributed by atoms with E-state index >= 15 is 0 Å². The van der Waals surface area contributed by atoms with Gasteiger partial charge in [0, 0.05) is 18.0 Å². The first-order valence-electron chi connectivity index (χ1n) is 6.01. The van der Waals surface area contributed by atoms with E-state index in [1.54, 1.807) is 0 Å². The van der Waals surface area contributed by atoms with E-state index in [2.05, 4.69) is 28.5 Å². The molecule has 2 nitrogen and oxygen atoms in total. The number of rotatable bonds is 3. The van der Waals surface area contributed by atoms with Gasteiger partial charge in [0.05, 0.1) is 5.52 Å². The van der Waals surface area contributed by atoms with Gasteiger partial charge in [0.2, 0.25) is 0 Å². The number of aromatic nitrogens is 1. The monoisotopic (exact) mass is 246 g/mol. The summed E-state index contributed by atoms with van der Waals surface area (Å²) in [5.41, 5.74) is 3.31. The molecule has 1 heterocycles. The molecule has 0 amide bonds. The molecule has 1 aromatic heterocycles. The SMILES string of the molecule is Cc1cc2cc(CNC3CC3)ccc2nc1Cl. The van der Waals surface area contributed by atoms with Crippen LogP contribution >= 0.6 is 11.6 Å². The molecule has 0 bridgehead atoms. The summed E-state index contributed by atoms with van der Waals surface area (Å²) in [5.74, 6) is 0. The summed E-state index contributed by atoms with van der Waals surface area (Å²) in [4.78, 5) is 4.37. The number of aryl methyl sites for hydroxylation is 1. The minimum atomic E-state index is 0.598. The zero-order valence-electron chi connectivity index (χ0n) is 9.83. The minimum absolute atomic E-state index is 0.598. The summed E-state index contributed by atoms with van der Waals surface area (Å²) in [6.07, 6.45) is 2.65. The van der Waals surface area contributed by atoms with Gasteiger partial charge in [0.1, 0.15) is 5.15 Å². The van der Waals surface area contributed by atoms with Gasteiger partial charge in [-0.05, 0) is 49.1 Å². The number of halogens is 1. The normalized spacial score (nSPS) is 15.4. The third kappa shape index (κ3) is 2.43. The molecule has 1 saturated carbocycles. The van der Waals surface area contributed by atoms with Crippen molar-refractivity contribution in [3.8, 4) is 0 Å². The Morgan fingerprint density at radius 3 is 2.94 bits per heavy atom. The Hall–Kier alpha value is -1.12. The van der Waals surface area contributed by atoms with Crippen LogP contribution in [0.2, 0.25) is 5.15 Å². The van der Waals surface area contributed by atoms with E-state index in [9.17, 15) is 0 Å². The summed E-state index contributed by atoms with van der Waals surface area (Å²) in [5, 5.41) is 5.28. The van der Waals surface area contributed by atoms with Crippen molar-refractivity contribution in [3.05, 3.63) is 40.5 Å². The van der Waals surface area contributed by atoms with Crippen LogP contribution in [0.5, 0.6) is 0 Å². The molecule has 3 rings (SSSR count). The van der Waals surface area contributed by atoms with Gasteiger partial charge in [0.25, 0.3) is 0 Å². The van der Waals surface area contributed by atoms with Gasteiger partial charge in [-0.1, -0.05) is 17.7 Å². The number of pyridine rings is 1. The van der Waals surface area contributed by atoms with Crippen LogP contribution in [0.4, 0.5) is 0 Å². The van der Waals surface area contributed by atoms with Crippen molar-refractivity contribution in [2.24, 2.45) is 0 Å². The second-order valence-corrected chi connectivity index (χ2v) is 5.14. The second-order valence-electron chi connectivity index (χ2n) is 4.78. The minimum Gasteiger partial charge on any atom is -0.310 e. The first-order valence-corrected chi connectivity index (χ1v) is 6.39. The number of benzene rings is 1. The molecule has 0 radical (unpaired) electrons. The zero-order chi connectivity index (χ0) is 11.8. The van der Waals surface area contributed by atoms with E-state index in [4.69, 9.17) is 11.6 Å². The highest BCUT2D eigenvalue weighted by molar-refractivity contribution is 6.30. The molecule has 3 heteroatoms. The Morgan fingerprint density at radius 1 is 1.35 bits per heavy atom. The highest BCUT2D eigenvalue weighted by Crippen LogP contribution is 2.22. The molecule has 0 spiro atoms. The summed E-state index contributed by atoms with van der Waals surface area (Å²) >= 11 is 6.01. The molecular formula is C14H15ClN2. The van der Waals surface area contributed by atoms with Gasteiger partial charge in [-0.2, -0.15) is 0 Å². The van der Waals surface area contributed by atoms with Gasteiger partial charge in [0.15, 0.2) is 0 Å². The fraction of sp³-hybridized carbons (Fsp3) is 0.357. The molecule has 1 aliphatic rings. The van der Waals surface area contributed by atoms with Crippen LogP contribution < -0.4 is 5.32 Å². The maximum Gasteiger partial charge on any atom is 0.132 e. The van der Waals surface area contributed by atoms with Crippen molar-refractivity contribution in [1.29, 1.82) is 0 Å². The topological polar surface area (TPSA) is 24.9 Å². The highest BCUT2D eigenvalue weighted by Gasteiger charge is 2.19. The zero-order valence-corrected chi connectivity index (χ0v) is 10.6. The fourth-order valence-corrected chi connectivity index (χ4v) is 2.11. The Balaban J connectivity index is 1.91. The van der Waals surface area contributed by atoms with E-state index in [1.165, 1.54) is 23.8 Å². The summed E-state index contributed by atoms with van der Waals surface area (Å²) in [7, 11) is 0. The van der Waals surface area contributed by atoms with Gasteiger partial charge < -0.3 is 5.32 Å². The molecule has 1 fully saturated rings. The van der Waals surface area contributed by atoms with Crippen LogP contribution in [0.3, 0.4) is 0 Å². The third-order valence-corrected chi connectivity index (χ3v) is 3.56. The molecule has 1 N–H and O–H groups in total. The smallest absolute Gasteiger partial charge is 0.132 e. The Bertz CT molecular complexity index is 561. The second kappa shape index (κ2) is 4.28. The molecule has 0 atom stereocenters. The van der Waals surface area contributed by atoms with Gasteiger partial charge in [-0.15, -0.1) is 0 Å². The lowest BCUT2D eigenvalue weighted by molar-refractivity contribution is 0.688. The molecule has 2 aromatic rings. The van der Waals surface area contributed by atoms with E-state index in [0.717, 1.165) is 23.7 Å². The van der Waals surface area contributed by atoms with Gasteiger partial charge in [-0.25, -0.2) is 4.98 Å². The van der Waals surface area contributed by atoms with Crippen LogP contribution in [-0.2, 0) is 6.54 Å². The van der Waals surface area contributed by atoms with Crippen molar-refractivity contribution < 1.29 is 0 Å². The molecule has 1 aromatic carbocycles. The summed E-state index contributed by atoms with van der Waals surface area (Å²) < 4.78 is 0. The van der Waals surface area contributed by atoms with Crippen molar-refractivity contribution in [2.45, 2.75) is 32.4 Å². The summed E-state index contributed by atoms with van der Waals surface area (Å²) in [6.45, 7) is 2.94. The van der Waals surface area contributed by atoms with Gasteiger partial charge >= 0.3 is 0 Å². The maximum absolute atomic E-state index is 6.01. The highest BCUT2D eigenvalue weighted by atomic mass is 35.5. The van der Waals surface area contributed by atoms with Crippen LogP contribution in [-0.4, -0.2) is 11.0 Å². The van der Waals surface area contributed by atoms with Crippen LogP contribution in [0.1, 0.15) is 24.0 Å². The first kappa shape index (κ1) is 11.0. The van der Waals surface area contributed by atoms with Gasteiger partial charge in [-0.3, -0.25) is 0 Å². The molecule has 1 aliphatic carbocycles. The molecule has 0 aliphatic heterocycles. The van der Waals surface area contributed by atoms with Crippen molar-refractivity contribution in [3.63, 3.8) is 0 Å². The Kier molecular flexibility index (Phi) is 2.77. The van der Waals surface area contributed by atoms with E-state index in [0.29, 0.717) is 5.15 Å². The predicted octanol–water partition coefficient (Wildman–Crippen LogP) is 3.45. The number of hydrogen-bond donors (Lipinski definition) is 1. The van der Waals surface area contributed by atoms with Crippen LogP contribution in [0, 0.1) is 6.92 Å². The average molecular weight is 247 g/mol. The summed E-state index contributed by atoms with van der Waals surface area (Å²) in [6, 6.07) is 9.21. The van der Waals surface area contributed by atoms with Crippen molar-refractivity contribution >= 4 is 22.5 Å². The number of nitrogens with zero attached hydrogens (tertiary/aromatic N) is 1. The van der Waals surface area contributed by atoms with Crippen LogP contribution in [0.15, 0.2) is 24.3 Å². The molecule has 17 heavy (non-hydrogen) atoms. The van der Waals surface area contributed by atoms with Crippen molar-refractivity contribution in [2.75, 3.05) is 0 Å². The lowest BCUT2D eigenvalue weighted by Gasteiger charge is -2.06.